The van der Waals surface area contributed by atoms with E-state index in [1.807, 2.05) is 0 Å². The summed E-state index contributed by atoms with van der Waals surface area (Å²) in [6, 6.07) is 9.49. The zero-order chi connectivity index (χ0) is 21.8. The highest BCUT2D eigenvalue weighted by molar-refractivity contribution is 7.89. The molecule has 0 unspecified atom stereocenters. The lowest BCUT2D eigenvalue weighted by Gasteiger charge is -2.21. The molecule has 0 spiro atoms. The van der Waals surface area contributed by atoms with Gasteiger partial charge in [0.1, 0.15) is 19.0 Å². The van der Waals surface area contributed by atoms with Crippen molar-refractivity contribution in [2.75, 3.05) is 38.7 Å². The van der Waals surface area contributed by atoms with Crippen LogP contribution < -0.4 is 19.5 Å². The van der Waals surface area contributed by atoms with Gasteiger partial charge in [0.05, 0.1) is 17.6 Å². The molecule has 31 heavy (non-hydrogen) atoms. The molecule has 0 saturated carbocycles. The maximum Gasteiger partial charge on any atom is 0.259 e. The van der Waals surface area contributed by atoms with Crippen LogP contribution in [0, 0.1) is 0 Å². The number of ether oxygens (including phenoxy) is 3. The van der Waals surface area contributed by atoms with Gasteiger partial charge in [-0.15, -0.1) is 0 Å². The predicted octanol–water partition coefficient (Wildman–Crippen LogP) is 3.28. The second kappa shape index (κ2) is 9.15. The SMILES string of the molecule is COc1ccc(S(=O)(=O)N2CCCCCC2)cc1C(=O)Nc1ccc2c(c1)OCCO2. The molecule has 0 aliphatic carbocycles. The maximum absolute atomic E-state index is 13.2. The summed E-state index contributed by atoms with van der Waals surface area (Å²) in [5, 5.41) is 2.79. The van der Waals surface area contributed by atoms with E-state index in [0.717, 1.165) is 25.7 Å². The molecule has 1 saturated heterocycles. The number of hydrogen-bond donors (Lipinski definition) is 1. The molecular weight excluding hydrogens is 420 g/mol. The number of rotatable bonds is 5. The maximum atomic E-state index is 13.2. The Balaban J connectivity index is 1.60. The molecule has 166 valence electrons. The van der Waals surface area contributed by atoms with Crippen LogP contribution in [0.2, 0.25) is 0 Å². The van der Waals surface area contributed by atoms with Crippen molar-refractivity contribution in [2.24, 2.45) is 0 Å². The highest BCUT2D eigenvalue weighted by Crippen LogP contribution is 2.33. The van der Waals surface area contributed by atoms with Crippen LogP contribution >= 0.6 is 0 Å². The standard InChI is InChI=1S/C22H26N2O6S/c1-28-19-9-7-17(31(26,27)24-10-4-2-3-5-11-24)15-18(19)22(25)23-16-6-8-20-21(14-16)30-13-12-29-20/h6-9,14-15H,2-5,10-13H2,1H3,(H,23,25). The number of methoxy groups -OCH3 is 1. The van der Waals surface area contributed by atoms with Crippen molar-refractivity contribution < 1.29 is 27.4 Å². The van der Waals surface area contributed by atoms with Crippen LogP contribution in [0.3, 0.4) is 0 Å². The van der Waals surface area contributed by atoms with Crippen molar-refractivity contribution in [1.29, 1.82) is 0 Å². The lowest BCUT2D eigenvalue weighted by molar-refractivity contribution is 0.102. The molecule has 9 heteroatoms. The van der Waals surface area contributed by atoms with Crippen LogP contribution in [0.1, 0.15) is 36.0 Å². The first-order valence-corrected chi connectivity index (χ1v) is 11.8. The minimum absolute atomic E-state index is 0.0857. The number of fused-ring (bicyclic) bond motifs is 1. The first kappa shape index (κ1) is 21.5. The Morgan fingerprint density at radius 2 is 1.68 bits per heavy atom. The van der Waals surface area contributed by atoms with Gasteiger partial charge in [-0.25, -0.2) is 8.42 Å². The molecule has 2 aliphatic rings. The zero-order valence-corrected chi connectivity index (χ0v) is 18.2. The molecule has 4 rings (SSSR count). The number of hydrogen-bond acceptors (Lipinski definition) is 6. The summed E-state index contributed by atoms with van der Waals surface area (Å²) in [6.07, 6.45) is 3.73. The van der Waals surface area contributed by atoms with E-state index < -0.39 is 15.9 Å². The second-order valence-electron chi connectivity index (χ2n) is 7.49. The molecule has 0 aromatic heterocycles. The summed E-state index contributed by atoms with van der Waals surface area (Å²) in [7, 11) is -2.25. The fourth-order valence-electron chi connectivity index (χ4n) is 3.78. The summed E-state index contributed by atoms with van der Waals surface area (Å²) in [5.41, 5.74) is 0.658. The smallest absolute Gasteiger partial charge is 0.259 e. The number of benzene rings is 2. The van der Waals surface area contributed by atoms with Crippen molar-refractivity contribution in [3.05, 3.63) is 42.0 Å². The molecule has 0 atom stereocenters. The van der Waals surface area contributed by atoms with Gasteiger partial charge in [-0.05, 0) is 43.2 Å². The molecule has 1 fully saturated rings. The highest BCUT2D eigenvalue weighted by atomic mass is 32.2. The summed E-state index contributed by atoms with van der Waals surface area (Å²) >= 11 is 0. The highest BCUT2D eigenvalue weighted by Gasteiger charge is 2.27. The molecule has 2 heterocycles. The van der Waals surface area contributed by atoms with E-state index in [9.17, 15) is 13.2 Å². The Morgan fingerprint density at radius 1 is 0.968 bits per heavy atom. The van der Waals surface area contributed by atoms with Crippen molar-refractivity contribution in [3.8, 4) is 17.2 Å². The Kier molecular flexibility index (Phi) is 6.33. The van der Waals surface area contributed by atoms with Gasteiger partial charge in [0, 0.05) is 24.8 Å². The minimum atomic E-state index is -3.69. The van der Waals surface area contributed by atoms with Crippen molar-refractivity contribution in [2.45, 2.75) is 30.6 Å². The zero-order valence-electron chi connectivity index (χ0n) is 17.4. The molecule has 1 N–H and O–H groups in total. The largest absolute Gasteiger partial charge is 0.496 e. The van der Waals surface area contributed by atoms with Gasteiger partial charge < -0.3 is 19.5 Å². The Morgan fingerprint density at radius 3 is 2.39 bits per heavy atom. The number of carbonyl (C=O) groups excluding carboxylic acids is 1. The van der Waals surface area contributed by atoms with Crippen molar-refractivity contribution >= 4 is 21.6 Å². The van der Waals surface area contributed by atoms with Crippen LogP contribution in [0.15, 0.2) is 41.3 Å². The molecule has 2 aromatic rings. The third-order valence-corrected chi connectivity index (χ3v) is 7.31. The normalized spacial score (nSPS) is 16.9. The molecule has 0 radical (unpaired) electrons. The molecule has 8 nitrogen and oxygen atoms in total. The van der Waals surface area contributed by atoms with E-state index in [4.69, 9.17) is 14.2 Å². The van der Waals surface area contributed by atoms with E-state index in [-0.39, 0.29) is 10.5 Å². The summed E-state index contributed by atoms with van der Waals surface area (Å²) in [5.74, 6) is 0.993. The fraction of sp³-hybridized carbons (Fsp3) is 0.409. The Labute approximate surface area is 182 Å². The predicted molar refractivity (Wildman–Crippen MR) is 116 cm³/mol. The van der Waals surface area contributed by atoms with Crippen LogP contribution in [-0.4, -0.2) is 52.0 Å². The van der Waals surface area contributed by atoms with Gasteiger partial charge in [-0.1, -0.05) is 12.8 Å². The van der Waals surface area contributed by atoms with E-state index in [1.54, 1.807) is 18.2 Å². The number of amides is 1. The summed E-state index contributed by atoms with van der Waals surface area (Å²) in [4.78, 5) is 13.1. The molecule has 0 bridgehead atoms. The summed E-state index contributed by atoms with van der Waals surface area (Å²) < 4.78 is 44.2. The van der Waals surface area contributed by atoms with Crippen LogP contribution in [0.4, 0.5) is 5.69 Å². The van der Waals surface area contributed by atoms with Gasteiger partial charge in [0.25, 0.3) is 5.91 Å². The quantitative estimate of drug-likeness (QED) is 0.758. The second-order valence-corrected chi connectivity index (χ2v) is 9.43. The van der Waals surface area contributed by atoms with Crippen LogP contribution in [0.25, 0.3) is 0 Å². The summed E-state index contributed by atoms with van der Waals surface area (Å²) in [6.45, 7) is 1.91. The number of carbonyl (C=O) groups is 1. The van der Waals surface area contributed by atoms with E-state index >= 15 is 0 Å². The Bertz CT molecular complexity index is 1060. The monoisotopic (exact) mass is 446 g/mol. The van der Waals surface area contributed by atoms with E-state index in [0.29, 0.717) is 49.2 Å². The van der Waals surface area contributed by atoms with Gasteiger partial charge in [-0.2, -0.15) is 4.31 Å². The average molecular weight is 447 g/mol. The van der Waals surface area contributed by atoms with E-state index in [1.165, 1.54) is 29.6 Å². The average Bonchev–Trinajstić information content (AvgIpc) is 3.09. The Hall–Kier alpha value is -2.78. The molecule has 1 amide bonds. The van der Waals surface area contributed by atoms with Crippen molar-refractivity contribution in [3.63, 3.8) is 0 Å². The van der Waals surface area contributed by atoms with Gasteiger partial charge in [0.2, 0.25) is 10.0 Å². The number of nitrogens with zero attached hydrogens (tertiary/aromatic N) is 1. The number of nitrogens with one attached hydrogen (secondary N) is 1. The van der Waals surface area contributed by atoms with Gasteiger partial charge in [-0.3, -0.25) is 4.79 Å². The molecule has 2 aromatic carbocycles. The van der Waals surface area contributed by atoms with Crippen LogP contribution in [0.5, 0.6) is 17.2 Å². The number of anilines is 1. The van der Waals surface area contributed by atoms with Crippen LogP contribution in [-0.2, 0) is 10.0 Å². The third-order valence-electron chi connectivity index (χ3n) is 5.42. The minimum Gasteiger partial charge on any atom is -0.496 e. The first-order chi connectivity index (χ1) is 15.0. The number of sulfonamides is 1. The van der Waals surface area contributed by atoms with Gasteiger partial charge in [0.15, 0.2) is 11.5 Å². The molecule has 2 aliphatic heterocycles. The fourth-order valence-corrected chi connectivity index (χ4v) is 5.32. The van der Waals surface area contributed by atoms with Crippen molar-refractivity contribution in [1.82, 2.24) is 4.31 Å². The first-order valence-electron chi connectivity index (χ1n) is 10.4. The lowest BCUT2D eigenvalue weighted by atomic mass is 10.1. The molecular formula is C22H26N2O6S. The third kappa shape index (κ3) is 4.62. The topological polar surface area (TPSA) is 94.2 Å². The lowest BCUT2D eigenvalue weighted by Crippen LogP contribution is -2.32. The van der Waals surface area contributed by atoms with E-state index in [2.05, 4.69) is 5.32 Å². The van der Waals surface area contributed by atoms with Gasteiger partial charge >= 0.3 is 0 Å².